The second kappa shape index (κ2) is 16.7. The minimum absolute atomic E-state index is 0.0677. The van der Waals surface area contributed by atoms with Crippen LogP contribution in [-0.2, 0) is 35.1 Å². The van der Waals surface area contributed by atoms with Crippen LogP contribution in [0.1, 0.15) is 32.3 Å². The predicted octanol–water partition coefficient (Wildman–Crippen LogP) is 0.185. The quantitative estimate of drug-likeness (QED) is 0.226. The van der Waals surface area contributed by atoms with Crippen LogP contribution in [0.15, 0.2) is 30.3 Å². The number of nitrogens with zero attached hydrogens (tertiary/aromatic N) is 1. The minimum Gasteiger partial charge on any atom is -0.480 e. The number of benzene rings is 1. The number of morpholine rings is 1. The molecule has 2 rings (SSSR count). The number of amides is 3. The normalized spacial score (nSPS) is 15.5. The first-order chi connectivity index (χ1) is 17.7. The maximum absolute atomic E-state index is 13.2. The highest BCUT2D eigenvalue weighted by Crippen LogP contribution is 2.09. The fourth-order valence-electron chi connectivity index (χ4n) is 3.90. The Morgan fingerprint density at radius 3 is 2.38 bits per heavy atom. The zero-order valence-electron chi connectivity index (χ0n) is 21.7. The van der Waals surface area contributed by atoms with E-state index in [1.165, 1.54) is 0 Å². The lowest BCUT2D eigenvalue weighted by molar-refractivity contribution is -0.138. The molecule has 0 bridgehead atoms. The predicted molar refractivity (Wildman–Crippen MR) is 137 cm³/mol. The number of carbonyl (C=O) groups is 4. The van der Waals surface area contributed by atoms with Crippen molar-refractivity contribution in [2.24, 2.45) is 5.92 Å². The average molecular weight is 521 g/mol. The first-order valence-corrected chi connectivity index (χ1v) is 12.8. The number of carboxylic acid groups (broad SMARTS) is 1. The van der Waals surface area contributed by atoms with Crippen molar-refractivity contribution in [2.75, 3.05) is 52.6 Å². The molecule has 0 radical (unpaired) electrons. The molecule has 2 atom stereocenters. The summed E-state index contributed by atoms with van der Waals surface area (Å²) in [6.07, 6.45) is 1.18. The molecule has 0 aromatic heterocycles. The molecule has 1 aromatic carbocycles. The Morgan fingerprint density at radius 1 is 1.03 bits per heavy atom. The maximum Gasteiger partial charge on any atom is 0.322 e. The lowest BCUT2D eigenvalue weighted by Gasteiger charge is -2.26. The number of ether oxygens (including phenoxy) is 2. The molecule has 1 unspecified atom stereocenters. The Labute approximate surface area is 218 Å². The number of nitrogens with one attached hydrogen (secondary N) is 3. The zero-order valence-corrected chi connectivity index (χ0v) is 21.7. The van der Waals surface area contributed by atoms with Crippen molar-refractivity contribution in [3.63, 3.8) is 0 Å². The van der Waals surface area contributed by atoms with E-state index in [0.29, 0.717) is 45.6 Å². The lowest BCUT2D eigenvalue weighted by atomic mass is 10.0. The molecule has 0 spiro atoms. The third kappa shape index (κ3) is 12.7. The molecule has 11 nitrogen and oxygen atoms in total. The maximum atomic E-state index is 13.2. The third-order valence-corrected chi connectivity index (χ3v) is 5.86. The summed E-state index contributed by atoms with van der Waals surface area (Å²) in [5, 5.41) is 16.6. The highest BCUT2D eigenvalue weighted by atomic mass is 16.5. The van der Waals surface area contributed by atoms with Crippen molar-refractivity contribution in [3.05, 3.63) is 35.9 Å². The van der Waals surface area contributed by atoms with Crippen molar-refractivity contribution in [1.29, 1.82) is 0 Å². The van der Waals surface area contributed by atoms with Gasteiger partial charge in [-0.05, 0) is 30.7 Å². The van der Waals surface area contributed by atoms with E-state index >= 15 is 0 Å². The van der Waals surface area contributed by atoms with E-state index in [2.05, 4.69) is 20.9 Å². The van der Waals surface area contributed by atoms with Gasteiger partial charge in [-0.1, -0.05) is 44.2 Å². The molecule has 37 heavy (non-hydrogen) atoms. The van der Waals surface area contributed by atoms with Crippen LogP contribution in [0.25, 0.3) is 0 Å². The van der Waals surface area contributed by atoms with Crippen molar-refractivity contribution in [1.82, 2.24) is 20.9 Å². The smallest absolute Gasteiger partial charge is 0.322 e. The Balaban J connectivity index is 1.96. The van der Waals surface area contributed by atoms with Crippen LogP contribution in [0.5, 0.6) is 0 Å². The van der Waals surface area contributed by atoms with Gasteiger partial charge in [0.15, 0.2) is 0 Å². The molecular formula is C26H40N4O7. The largest absolute Gasteiger partial charge is 0.480 e. The summed E-state index contributed by atoms with van der Waals surface area (Å²) in [5.41, 5.74) is 1.01. The molecule has 0 saturated carbocycles. The molecule has 4 N–H and O–H groups in total. The molecule has 1 aliphatic heterocycles. The monoisotopic (exact) mass is 520 g/mol. The molecular weight excluding hydrogens is 480 g/mol. The highest BCUT2D eigenvalue weighted by molar-refractivity contribution is 5.93. The van der Waals surface area contributed by atoms with Crippen molar-refractivity contribution in [3.8, 4) is 0 Å². The van der Waals surface area contributed by atoms with Crippen LogP contribution in [-0.4, -0.2) is 98.4 Å². The molecule has 0 aliphatic carbocycles. The van der Waals surface area contributed by atoms with Crippen molar-refractivity contribution >= 4 is 23.7 Å². The molecule has 3 amide bonds. The van der Waals surface area contributed by atoms with Crippen LogP contribution in [0.4, 0.5) is 0 Å². The molecule has 1 saturated heterocycles. The second-order valence-corrected chi connectivity index (χ2v) is 9.45. The Kier molecular flexibility index (Phi) is 13.6. The summed E-state index contributed by atoms with van der Waals surface area (Å²) in [6, 6.07) is 7.76. The average Bonchev–Trinajstić information content (AvgIpc) is 2.88. The summed E-state index contributed by atoms with van der Waals surface area (Å²) in [6.45, 7) is 7.16. The molecule has 1 aliphatic rings. The van der Waals surface area contributed by atoms with Gasteiger partial charge in [0.2, 0.25) is 17.7 Å². The third-order valence-electron chi connectivity index (χ3n) is 5.86. The van der Waals surface area contributed by atoms with Gasteiger partial charge in [0, 0.05) is 19.6 Å². The van der Waals surface area contributed by atoms with E-state index in [0.717, 1.165) is 18.7 Å². The van der Waals surface area contributed by atoms with Crippen molar-refractivity contribution in [2.45, 2.75) is 45.2 Å². The lowest BCUT2D eigenvalue weighted by Crippen LogP contribution is -2.55. The first-order valence-electron chi connectivity index (χ1n) is 12.8. The fourth-order valence-corrected chi connectivity index (χ4v) is 3.90. The minimum atomic E-state index is -1.18. The number of aryl methyl sites for hydroxylation is 1. The topological polar surface area (TPSA) is 146 Å². The highest BCUT2D eigenvalue weighted by Gasteiger charge is 2.27. The first kappa shape index (κ1) is 30.2. The SMILES string of the molecule is CC(C)C[C@H](NC(=O)C(CCc1ccccc1)NC(=O)COCCN1CCOCC1)C(=O)NCC(=O)O. The van der Waals surface area contributed by atoms with Gasteiger partial charge in [-0.3, -0.25) is 24.1 Å². The number of hydrogen-bond donors (Lipinski definition) is 4. The second-order valence-electron chi connectivity index (χ2n) is 9.45. The molecule has 1 aromatic rings. The van der Waals surface area contributed by atoms with E-state index in [1.807, 2.05) is 44.2 Å². The fraction of sp³-hybridized carbons (Fsp3) is 0.615. The Morgan fingerprint density at radius 2 is 1.73 bits per heavy atom. The van der Waals surface area contributed by atoms with Crippen LogP contribution < -0.4 is 16.0 Å². The Hall–Kier alpha value is -3.02. The van der Waals surface area contributed by atoms with Crippen LogP contribution in [0, 0.1) is 5.92 Å². The van der Waals surface area contributed by atoms with Gasteiger partial charge >= 0.3 is 5.97 Å². The van der Waals surface area contributed by atoms with Crippen molar-refractivity contribution < 1.29 is 33.8 Å². The van der Waals surface area contributed by atoms with Crippen LogP contribution in [0.3, 0.4) is 0 Å². The van der Waals surface area contributed by atoms with Gasteiger partial charge in [0.1, 0.15) is 25.2 Å². The zero-order chi connectivity index (χ0) is 27.0. The summed E-state index contributed by atoms with van der Waals surface area (Å²) < 4.78 is 10.8. The summed E-state index contributed by atoms with van der Waals surface area (Å²) in [4.78, 5) is 51.4. The van der Waals surface area contributed by atoms with E-state index in [9.17, 15) is 19.2 Å². The molecule has 1 heterocycles. The van der Waals surface area contributed by atoms with E-state index in [4.69, 9.17) is 14.6 Å². The number of rotatable bonds is 16. The van der Waals surface area contributed by atoms with Gasteiger partial charge in [0.05, 0.1) is 19.8 Å². The van der Waals surface area contributed by atoms with E-state index in [1.54, 1.807) is 0 Å². The number of carboxylic acids is 1. The summed E-state index contributed by atoms with van der Waals surface area (Å²) >= 11 is 0. The summed E-state index contributed by atoms with van der Waals surface area (Å²) in [7, 11) is 0. The van der Waals surface area contributed by atoms with Gasteiger partial charge < -0.3 is 30.5 Å². The van der Waals surface area contributed by atoms with Gasteiger partial charge in [-0.25, -0.2) is 0 Å². The van der Waals surface area contributed by atoms with Crippen LogP contribution >= 0.6 is 0 Å². The van der Waals surface area contributed by atoms with Crippen LogP contribution in [0.2, 0.25) is 0 Å². The van der Waals surface area contributed by atoms with E-state index in [-0.39, 0.29) is 12.5 Å². The Bertz CT molecular complexity index is 860. The standard InChI is InChI=1S/C26H40N4O7/c1-19(2)16-22(25(34)27-17-24(32)33)29-26(35)21(9-8-20-6-4-3-5-7-20)28-23(31)18-37-15-12-30-10-13-36-14-11-30/h3-7,19,21-22H,8-18H2,1-2H3,(H,27,34)(H,28,31)(H,29,35)(H,32,33)/t21?,22-/m0/s1. The van der Waals surface area contributed by atoms with Gasteiger partial charge in [0.25, 0.3) is 0 Å². The van der Waals surface area contributed by atoms with E-state index < -0.39 is 42.3 Å². The van der Waals surface area contributed by atoms with Gasteiger partial charge in [-0.2, -0.15) is 0 Å². The number of aliphatic carboxylic acids is 1. The number of carbonyl (C=O) groups excluding carboxylic acids is 3. The molecule has 206 valence electrons. The summed E-state index contributed by atoms with van der Waals surface area (Å²) in [5.74, 6) is -2.62. The number of hydrogen-bond acceptors (Lipinski definition) is 7. The van der Waals surface area contributed by atoms with Gasteiger partial charge in [-0.15, -0.1) is 0 Å². The molecule has 11 heteroatoms. The molecule has 1 fully saturated rings.